The predicted octanol–water partition coefficient (Wildman–Crippen LogP) is 1.01. The van der Waals surface area contributed by atoms with Crippen molar-refractivity contribution >= 4 is 24.6 Å². The van der Waals surface area contributed by atoms with Gasteiger partial charge in [-0.2, -0.15) is 0 Å². The fraction of sp³-hybridized carbons (Fsp3) is 0.714. The third kappa shape index (κ3) is 22.8. The van der Waals surface area contributed by atoms with Crippen LogP contribution in [0.1, 0.15) is 20.8 Å². The Morgan fingerprint density at radius 3 is 1.58 bits per heavy atom. The topological polar surface area (TPSA) is 52.6 Å². The number of rotatable bonds is 2. The summed E-state index contributed by atoms with van der Waals surface area (Å²) in [4.78, 5) is 19.6. The molecule has 0 unspecified atom stereocenters. The summed E-state index contributed by atoms with van der Waals surface area (Å²) in [6.45, 7) is 5.00. The third-order valence-corrected chi connectivity index (χ3v) is 0.745. The van der Waals surface area contributed by atoms with E-state index in [0.717, 1.165) is 0 Å². The molecule has 0 aliphatic rings. The molecular weight excluding hydrogens is 180 g/mol. The highest BCUT2D eigenvalue weighted by atomic mass is 32.1. The quantitative estimate of drug-likeness (QED) is 0.405. The van der Waals surface area contributed by atoms with Crippen LogP contribution in [0.3, 0.4) is 0 Å². The van der Waals surface area contributed by atoms with E-state index in [0.29, 0.717) is 6.61 Å². The first kappa shape index (κ1) is 13.9. The molecule has 0 aliphatic heterocycles. The van der Waals surface area contributed by atoms with Gasteiger partial charge in [0, 0.05) is 13.8 Å². The smallest absolute Gasteiger partial charge is 0.303 e. The number of carbonyl (C=O) groups is 2. The molecule has 0 saturated heterocycles. The molecule has 0 radical (unpaired) electrons. The first-order chi connectivity index (χ1) is 5.54. The van der Waals surface area contributed by atoms with Crippen molar-refractivity contribution in [3.8, 4) is 0 Å². The van der Waals surface area contributed by atoms with Crippen LogP contribution in [-0.2, 0) is 19.1 Å². The van der Waals surface area contributed by atoms with Gasteiger partial charge in [0.1, 0.15) is 5.94 Å². The van der Waals surface area contributed by atoms with Crippen molar-refractivity contribution in [1.29, 1.82) is 0 Å². The molecule has 12 heavy (non-hydrogen) atoms. The lowest BCUT2D eigenvalue weighted by atomic mass is 10.8. The van der Waals surface area contributed by atoms with Crippen LogP contribution in [0.15, 0.2) is 0 Å². The molecule has 0 amide bonds. The van der Waals surface area contributed by atoms with Gasteiger partial charge < -0.3 is 9.47 Å². The van der Waals surface area contributed by atoms with Crippen molar-refractivity contribution in [3.63, 3.8) is 0 Å². The van der Waals surface area contributed by atoms with E-state index < -0.39 is 0 Å². The van der Waals surface area contributed by atoms with Crippen molar-refractivity contribution in [2.75, 3.05) is 12.5 Å². The highest BCUT2D eigenvalue weighted by molar-refractivity contribution is 7.80. The van der Waals surface area contributed by atoms with Gasteiger partial charge in [0.05, 0.1) is 6.61 Å². The second-order valence-electron chi connectivity index (χ2n) is 1.69. The Morgan fingerprint density at radius 1 is 1.17 bits per heavy atom. The lowest BCUT2D eigenvalue weighted by Crippen LogP contribution is -1.95. The van der Waals surface area contributed by atoms with Crippen molar-refractivity contribution in [3.05, 3.63) is 0 Å². The van der Waals surface area contributed by atoms with Gasteiger partial charge in [-0.1, -0.05) is 0 Å². The molecule has 0 aromatic rings. The standard InChI is InChI=1S/C4H8O2.C3H6O2S/c1-3-6-4(2)5;1-3(4)5-2-6/h3H2,1-2H3;6H,2H2,1H3. The summed E-state index contributed by atoms with van der Waals surface area (Å²) in [6, 6.07) is 0. The van der Waals surface area contributed by atoms with Crippen LogP contribution in [-0.4, -0.2) is 24.5 Å². The second kappa shape index (κ2) is 10.3. The van der Waals surface area contributed by atoms with E-state index in [9.17, 15) is 9.59 Å². The molecule has 0 fully saturated rings. The SMILES string of the molecule is CC(=O)OCS.CCOC(C)=O. The largest absolute Gasteiger partial charge is 0.466 e. The predicted molar refractivity (Wildman–Crippen MR) is 47.9 cm³/mol. The van der Waals surface area contributed by atoms with Crippen LogP contribution in [0.25, 0.3) is 0 Å². The normalized spacial score (nSPS) is 7.67. The highest BCUT2D eigenvalue weighted by Gasteiger charge is 1.82. The second-order valence-corrected chi connectivity index (χ2v) is 1.95. The zero-order valence-electron chi connectivity index (χ0n) is 7.49. The Morgan fingerprint density at radius 2 is 1.58 bits per heavy atom. The summed E-state index contributed by atoms with van der Waals surface area (Å²) < 4.78 is 8.67. The van der Waals surface area contributed by atoms with E-state index in [1.165, 1.54) is 13.8 Å². The van der Waals surface area contributed by atoms with Crippen LogP contribution < -0.4 is 0 Å². The number of hydrogen-bond acceptors (Lipinski definition) is 5. The van der Waals surface area contributed by atoms with Gasteiger partial charge >= 0.3 is 11.9 Å². The van der Waals surface area contributed by atoms with Crippen molar-refractivity contribution in [1.82, 2.24) is 0 Å². The van der Waals surface area contributed by atoms with Gasteiger partial charge in [-0.15, -0.1) is 12.6 Å². The molecular formula is C7H14O4S. The van der Waals surface area contributed by atoms with Crippen LogP contribution in [0.4, 0.5) is 0 Å². The van der Waals surface area contributed by atoms with E-state index in [2.05, 4.69) is 22.1 Å². The van der Waals surface area contributed by atoms with Gasteiger partial charge in [-0.3, -0.25) is 9.59 Å². The molecule has 0 rings (SSSR count). The molecule has 0 aromatic heterocycles. The molecule has 0 atom stereocenters. The van der Waals surface area contributed by atoms with Gasteiger partial charge in [-0.25, -0.2) is 0 Å². The minimum absolute atomic E-state index is 0.176. The van der Waals surface area contributed by atoms with Gasteiger partial charge in [0.15, 0.2) is 0 Å². The van der Waals surface area contributed by atoms with Crippen LogP contribution in [0.2, 0.25) is 0 Å². The Kier molecular flexibility index (Phi) is 11.9. The fourth-order valence-corrected chi connectivity index (χ4v) is 0.476. The number of hydrogen-bond donors (Lipinski definition) is 1. The maximum absolute atomic E-state index is 9.82. The molecule has 0 heterocycles. The summed E-state index contributed by atoms with van der Waals surface area (Å²) in [5.41, 5.74) is 0. The summed E-state index contributed by atoms with van der Waals surface area (Å²) in [5.74, 6) is -0.322. The Bertz CT molecular complexity index is 119. The van der Waals surface area contributed by atoms with E-state index in [4.69, 9.17) is 0 Å². The maximum atomic E-state index is 9.82. The summed E-state index contributed by atoms with van der Waals surface area (Å²) in [6.07, 6.45) is 0. The molecule has 0 bridgehead atoms. The van der Waals surface area contributed by atoms with Crippen molar-refractivity contribution in [2.45, 2.75) is 20.8 Å². The van der Waals surface area contributed by atoms with Crippen molar-refractivity contribution in [2.24, 2.45) is 0 Å². The average molecular weight is 194 g/mol. The zero-order chi connectivity index (χ0) is 9.98. The number of esters is 2. The monoisotopic (exact) mass is 194 g/mol. The Balaban J connectivity index is 0. The minimum atomic E-state index is -0.287. The van der Waals surface area contributed by atoms with Crippen LogP contribution >= 0.6 is 12.6 Å². The number of thiol groups is 1. The highest BCUT2D eigenvalue weighted by Crippen LogP contribution is 1.76. The van der Waals surface area contributed by atoms with Gasteiger partial charge in [0.2, 0.25) is 0 Å². The van der Waals surface area contributed by atoms with Crippen LogP contribution in [0, 0.1) is 0 Å². The van der Waals surface area contributed by atoms with Crippen molar-refractivity contribution < 1.29 is 19.1 Å². The lowest BCUT2D eigenvalue weighted by Gasteiger charge is -1.89. The first-order valence-corrected chi connectivity index (χ1v) is 4.05. The number of ether oxygens (including phenoxy) is 2. The zero-order valence-corrected chi connectivity index (χ0v) is 8.39. The lowest BCUT2D eigenvalue weighted by molar-refractivity contribution is -0.140. The van der Waals surface area contributed by atoms with E-state index in [1.807, 2.05) is 0 Å². The molecule has 0 N–H and O–H groups in total. The average Bonchev–Trinajstić information content (AvgIpc) is 1.87. The fourth-order valence-electron chi connectivity index (χ4n) is 0.294. The van der Waals surface area contributed by atoms with Gasteiger partial charge in [0.25, 0.3) is 0 Å². The van der Waals surface area contributed by atoms with E-state index in [-0.39, 0.29) is 17.9 Å². The minimum Gasteiger partial charge on any atom is -0.466 e. The Labute approximate surface area is 77.6 Å². The molecule has 0 saturated carbocycles. The van der Waals surface area contributed by atoms with E-state index >= 15 is 0 Å². The summed E-state index contributed by atoms with van der Waals surface area (Å²) in [7, 11) is 0. The Hall–Kier alpha value is -0.710. The maximum Gasteiger partial charge on any atom is 0.303 e. The van der Waals surface area contributed by atoms with E-state index in [1.54, 1.807) is 6.92 Å². The summed E-state index contributed by atoms with van der Waals surface area (Å²) in [5, 5.41) is 0. The third-order valence-electron chi connectivity index (χ3n) is 0.615. The van der Waals surface area contributed by atoms with Crippen LogP contribution in [0.5, 0.6) is 0 Å². The molecule has 5 heteroatoms. The summed E-state index contributed by atoms with van der Waals surface area (Å²) >= 11 is 3.62. The number of carbonyl (C=O) groups excluding carboxylic acids is 2. The molecule has 0 aromatic carbocycles. The molecule has 0 spiro atoms. The molecule has 0 aliphatic carbocycles. The first-order valence-electron chi connectivity index (χ1n) is 3.42. The molecule has 4 nitrogen and oxygen atoms in total. The molecule has 72 valence electrons. The van der Waals surface area contributed by atoms with Gasteiger partial charge in [-0.05, 0) is 6.92 Å².